The lowest BCUT2D eigenvalue weighted by atomic mass is 9.90. The highest BCUT2D eigenvalue weighted by Gasteiger charge is 2.38. The molecule has 0 amide bonds. The van der Waals surface area contributed by atoms with Crippen LogP contribution >= 0.6 is 0 Å². The van der Waals surface area contributed by atoms with Crippen LogP contribution in [-0.4, -0.2) is 35.7 Å². The Morgan fingerprint density at radius 3 is 3.00 bits per heavy atom. The molecule has 1 atom stereocenters. The number of hydrogen-bond acceptors (Lipinski definition) is 3. The van der Waals surface area contributed by atoms with Crippen molar-refractivity contribution >= 4 is 5.69 Å². The maximum Gasteiger partial charge on any atom is 0.0730 e. The number of nitrogens with zero attached hydrogens (tertiary/aromatic N) is 1. The van der Waals surface area contributed by atoms with E-state index in [9.17, 15) is 5.11 Å². The second kappa shape index (κ2) is 4.25. The van der Waals surface area contributed by atoms with Gasteiger partial charge in [-0.05, 0) is 17.5 Å². The van der Waals surface area contributed by atoms with Gasteiger partial charge >= 0.3 is 0 Å². The number of para-hydroxylation sites is 1. The number of aliphatic hydroxyl groups is 1. The minimum Gasteiger partial charge on any atom is -0.391 e. The van der Waals surface area contributed by atoms with Crippen molar-refractivity contribution in [3.05, 3.63) is 29.3 Å². The van der Waals surface area contributed by atoms with Gasteiger partial charge in [-0.15, -0.1) is 0 Å². The van der Waals surface area contributed by atoms with Crippen LogP contribution in [0.25, 0.3) is 0 Å². The Hall–Kier alpha value is -1.06. The van der Waals surface area contributed by atoms with Gasteiger partial charge in [0.25, 0.3) is 0 Å². The Kier molecular flexibility index (Phi) is 2.83. The van der Waals surface area contributed by atoms with E-state index in [4.69, 9.17) is 0 Å². The predicted octanol–water partition coefficient (Wildman–Crippen LogP) is 1.86. The molecule has 2 heterocycles. The average molecular weight is 246 g/mol. The molecule has 0 saturated carbocycles. The van der Waals surface area contributed by atoms with Crippen molar-refractivity contribution in [2.24, 2.45) is 5.41 Å². The smallest absolute Gasteiger partial charge is 0.0730 e. The van der Waals surface area contributed by atoms with Gasteiger partial charge in [0.1, 0.15) is 0 Å². The second-order valence-electron chi connectivity index (χ2n) is 6.30. The van der Waals surface area contributed by atoms with Gasteiger partial charge in [0.2, 0.25) is 0 Å². The van der Waals surface area contributed by atoms with E-state index in [2.05, 4.69) is 42.3 Å². The molecular formula is C15H22N2O. The van der Waals surface area contributed by atoms with E-state index >= 15 is 0 Å². The van der Waals surface area contributed by atoms with Crippen molar-refractivity contribution < 1.29 is 5.11 Å². The lowest BCUT2D eigenvalue weighted by Gasteiger charge is -2.21. The predicted molar refractivity (Wildman–Crippen MR) is 73.7 cm³/mol. The third-order valence-electron chi connectivity index (χ3n) is 4.29. The monoisotopic (exact) mass is 246 g/mol. The zero-order chi connectivity index (χ0) is 12.8. The first-order valence-corrected chi connectivity index (χ1v) is 6.81. The first-order chi connectivity index (χ1) is 8.56. The summed E-state index contributed by atoms with van der Waals surface area (Å²) in [6.07, 6.45) is 0.930. The van der Waals surface area contributed by atoms with Crippen LogP contribution in [0.1, 0.15) is 25.0 Å². The van der Waals surface area contributed by atoms with Crippen molar-refractivity contribution in [1.29, 1.82) is 0 Å². The molecule has 0 bridgehead atoms. The van der Waals surface area contributed by atoms with Gasteiger partial charge in [-0.1, -0.05) is 32.0 Å². The molecule has 3 heteroatoms. The summed E-state index contributed by atoms with van der Waals surface area (Å²) < 4.78 is 0. The summed E-state index contributed by atoms with van der Waals surface area (Å²) in [5.74, 6) is 0. The number of aliphatic hydroxyl groups excluding tert-OH is 1. The molecule has 1 saturated heterocycles. The van der Waals surface area contributed by atoms with Crippen LogP contribution < -0.4 is 5.32 Å². The van der Waals surface area contributed by atoms with E-state index < -0.39 is 0 Å². The first kappa shape index (κ1) is 12.0. The van der Waals surface area contributed by atoms with E-state index in [1.807, 2.05) is 0 Å². The third kappa shape index (κ3) is 2.02. The summed E-state index contributed by atoms with van der Waals surface area (Å²) in [5, 5.41) is 13.5. The number of benzene rings is 1. The number of hydrogen-bond donors (Lipinski definition) is 2. The third-order valence-corrected chi connectivity index (χ3v) is 4.29. The molecule has 1 fully saturated rings. The second-order valence-corrected chi connectivity index (χ2v) is 6.30. The van der Waals surface area contributed by atoms with Gasteiger partial charge in [0.15, 0.2) is 0 Å². The number of rotatable bonds is 2. The molecule has 1 aromatic carbocycles. The van der Waals surface area contributed by atoms with Crippen LogP contribution in [0.4, 0.5) is 5.69 Å². The van der Waals surface area contributed by atoms with E-state index in [1.54, 1.807) is 0 Å². The molecular weight excluding hydrogens is 224 g/mol. The number of nitrogens with one attached hydrogen (secondary N) is 1. The maximum absolute atomic E-state index is 10.0. The molecule has 0 aromatic heterocycles. The van der Waals surface area contributed by atoms with Crippen LogP contribution in [0.15, 0.2) is 18.2 Å². The van der Waals surface area contributed by atoms with Crippen LogP contribution in [0.2, 0.25) is 0 Å². The Labute approximate surface area is 109 Å². The zero-order valence-electron chi connectivity index (χ0n) is 11.2. The highest BCUT2D eigenvalue weighted by atomic mass is 16.3. The Bertz CT molecular complexity index is 456. The number of β-amino-alcohol motifs (C(OH)–C–C–N with tert-alkyl or cyclic N) is 1. The topological polar surface area (TPSA) is 35.5 Å². The molecule has 3 rings (SSSR count). The van der Waals surface area contributed by atoms with Crippen LogP contribution in [0.3, 0.4) is 0 Å². The Morgan fingerprint density at radius 2 is 2.28 bits per heavy atom. The van der Waals surface area contributed by atoms with Crippen molar-refractivity contribution in [3.63, 3.8) is 0 Å². The lowest BCUT2D eigenvalue weighted by molar-refractivity contribution is 0.0955. The van der Waals surface area contributed by atoms with Crippen LogP contribution in [-0.2, 0) is 13.0 Å². The standard InChI is InChI=1S/C15H22N2O/c1-15(2)10-17(9-13(15)18)8-12-5-3-4-11-6-7-16-14(11)12/h3-5,13,16,18H,6-10H2,1-2H3. The van der Waals surface area contributed by atoms with Gasteiger partial charge in [-0.3, -0.25) is 4.90 Å². The number of fused-ring (bicyclic) bond motifs is 1. The maximum atomic E-state index is 10.0. The van der Waals surface area contributed by atoms with Crippen molar-refractivity contribution in [2.45, 2.75) is 32.9 Å². The van der Waals surface area contributed by atoms with Crippen LogP contribution in [0, 0.1) is 5.41 Å². The first-order valence-electron chi connectivity index (χ1n) is 6.81. The average Bonchev–Trinajstić information content (AvgIpc) is 2.85. The van der Waals surface area contributed by atoms with Crippen molar-refractivity contribution in [3.8, 4) is 0 Å². The molecule has 2 aliphatic heterocycles. The van der Waals surface area contributed by atoms with E-state index in [-0.39, 0.29) is 11.5 Å². The minimum absolute atomic E-state index is 0.0192. The summed E-state index contributed by atoms with van der Waals surface area (Å²) >= 11 is 0. The van der Waals surface area contributed by atoms with Crippen molar-refractivity contribution in [2.75, 3.05) is 25.0 Å². The molecule has 18 heavy (non-hydrogen) atoms. The number of likely N-dealkylation sites (tertiary alicyclic amines) is 1. The van der Waals surface area contributed by atoms with Crippen molar-refractivity contribution in [1.82, 2.24) is 4.90 Å². The molecule has 98 valence electrons. The molecule has 3 nitrogen and oxygen atoms in total. The summed E-state index contributed by atoms with van der Waals surface area (Å²) in [6.45, 7) is 8.04. The zero-order valence-corrected chi connectivity index (χ0v) is 11.2. The fraction of sp³-hybridized carbons (Fsp3) is 0.600. The SMILES string of the molecule is CC1(C)CN(Cc2cccc3c2NCC3)CC1O. The van der Waals surface area contributed by atoms with E-state index in [1.165, 1.54) is 16.8 Å². The van der Waals surface area contributed by atoms with Crippen LogP contribution in [0.5, 0.6) is 0 Å². The largest absolute Gasteiger partial charge is 0.391 e. The quantitative estimate of drug-likeness (QED) is 0.836. The molecule has 2 aliphatic rings. The highest BCUT2D eigenvalue weighted by molar-refractivity contribution is 5.61. The summed E-state index contributed by atoms with van der Waals surface area (Å²) in [6, 6.07) is 6.56. The van der Waals surface area contributed by atoms with E-state index in [0.29, 0.717) is 0 Å². The molecule has 1 aromatic rings. The fourth-order valence-electron chi connectivity index (χ4n) is 3.14. The molecule has 0 spiro atoms. The van der Waals surface area contributed by atoms with Gasteiger partial charge in [0.05, 0.1) is 6.10 Å². The van der Waals surface area contributed by atoms with Gasteiger partial charge in [0, 0.05) is 37.3 Å². The Morgan fingerprint density at radius 1 is 1.44 bits per heavy atom. The Balaban J connectivity index is 1.77. The van der Waals surface area contributed by atoms with E-state index in [0.717, 1.165) is 32.6 Å². The molecule has 0 radical (unpaired) electrons. The molecule has 2 N–H and O–H groups in total. The molecule has 0 aliphatic carbocycles. The highest BCUT2D eigenvalue weighted by Crippen LogP contribution is 2.33. The fourth-order valence-corrected chi connectivity index (χ4v) is 3.14. The van der Waals surface area contributed by atoms with Gasteiger partial charge < -0.3 is 10.4 Å². The normalized spacial score (nSPS) is 26.1. The number of anilines is 1. The summed E-state index contributed by atoms with van der Waals surface area (Å²) in [7, 11) is 0. The minimum atomic E-state index is -0.206. The lowest BCUT2D eigenvalue weighted by Crippen LogP contribution is -2.26. The summed E-state index contributed by atoms with van der Waals surface area (Å²) in [5.41, 5.74) is 4.16. The summed E-state index contributed by atoms with van der Waals surface area (Å²) in [4.78, 5) is 2.36. The molecule has 1 unspecified atom stereocenters. The van der Waals surface area contributed by atoms with Gasteiger partial charge in [-0.2, -0.15) is 0 Å². The van der Waals surface area contributed by atoms with Gasteiger partial charge in [-0.25, -0.2) is 0 Å².